The van der Waals surface area contributed by atoms with Gasteiger partial charge < -0.3 is 22.9 Å². The molecule has 0 fully saturated rings. The van der Waals surface area contributed by atoms with Crippen molar-refractivity contribution in [2.75, 3.05) is 22.9 Å². The first-order valence-electron chi connectivity index (χ1n) is 10.7. The van der Waals surface area contributed by atoms with Gasteiger partial charge in [0, 0.05) is 22.9 Å². The largest absolute Gasteiger partial charge is 0.397 e. The van der Waals surface area contributed by atoms with Gasteiger partial charge in [0.1, 0.15) is 0 Å². The lowest BCUT2D eigenvalue weighted by molar-refractivity contribution is 1.19. The highest BCUT2D eigenvalue weighted by Crippen LogP contribution is 2.37. The topological polar surface area (TPSA) is 104 Å². The van der Waals surface area contributed by atoms with Crippen LogP contribution in [0.25, 0.3) is 0 Å². The lowest BCUT2D eigenvalue weighted by Gasteiger charge is -2.11. The van der Waals surface area contributed by atoms with Gasteiger partial charge in [0.25, 0.3) is 0 Å². The van der Waals surface area contributed by atoms with Crippen LogP contribution in [0, 0.1) is 0 Å². The number of halogens is 8. The van der Waals surface area contributed by atoms with Crippen LogP contribution < -0.4 is 22.9 Å². The number of rotatable bonds is 4. The maximum Gasteiger partial charge on any atom is 0.0824 e. The smallest absolute Gasteiger partial charge is 0.0824 e. The number of nitrogens with two attached hydrogens (primary N) is 4. The summed E-state index contributed by atoms with van der Waals surface area (Å²) in [7, 11) is 0. The molecule has 0 amide bonds. The van der Waals surface area contributed by atoms with Crippen molar-refractivity contribution in [2.24, 2.45) is 0 Å². The van der Waals surface area contributed by atoms with Crippen LogP contribution in [0.5, 0.6) is 0 Å². The fourth-order valence-corrected chi connectivity index (χ4v) is 5.07. The van der Waals surface area contributed by atoms with Gasteiger partial charge in [-0.15, -0.1) is 0 Å². The summed E-state index contributed by atoms with van der Waals surface area (Å²) >= 11 is 48.6. The zero-order chi connectivity index (χ0) is 28.3. The summed E-state index contributed by atoms with van der Waals surface area (Å²) in [4.78, 5) is 0. The zero-order valence-corrected chi connectivity index (χ0v) is 25.4. The monoisotopic (exact) mass is 668 g/mol. The van der Waals surface area contributed by atoms with Gasteiger partial charge in [0.2, 0.25) is 0 Å². The molecule has 38 heavy (non-hydrogen) atoms. The molecule has 0 aliphatic rings. The van der Waals surface area contributed by atoms with Crippen molar-refractivity contribution in [1.29, 1.82) is 0 Å². The SMILES string of the molecule is Nc1cc(Cl)c(Cc2cc(Cl)c(N)cc2Cl)cc1Cl.Nc1ccc(Cc2ccc(N)c(Cl)c2Cl)c(Cl)c1Cl. The van der Waals surface area contributed by atoms with E-state index in [1.807, 2.05) is 12.1 Å². The molecule has 12 heteroatoms. The third kappa shape index (κ3) is 7.32. The van der Waals surface area contributed by atoms with Gasteiger partial charge in [0.15, 0.2) is 0 Å². The molecule has 0 aliphatic carbocycles. The van der Waals surface area contributed by atoms with E-state index >= 15 is 0 Å². The van der Waals surface area contributed by atoms with E-state index in [4.69, 9.17) is 116 Å². The molecule has 0 unspecified atom stereocenters. The summed E-state index contributed by atoms with van der Waals surface area (Å²) in [5.74, 6) is 0. The average molecular weight is 672 g/mol. The van der Waals surface area contributed by atoms with E-state index in [0.717, 1.165) is 22.3 Å². The minimum Gasteiger partial charge on any atom is -0.397 e. The molecule has 0 spiro atoms. The van der Waals surface area contributed by atoms with Crippen LogP contribution >= 0.6 is 92.8 Å². The molecule has 0 heterocycles. The number of hydrogen-bond acceptors (Lipinski definition) is 4. The van der Waals surface area contributed by atoms with Crippen LogP contribution in [0.4, 0.5) is 22.7 Å². The molecule has 4 rings (SSSR count). The molecular weight excluding hydrogens is 652 g/mol. The second-order valence-electron chi connectivity index (χ2n) is 8.17. The van der Waals surface area contributed by atoms with E-state index in [-0.39, 0.29) is 0 Å². The highest BCUT2D eigenvalue weighted by atomic mass is 35.5. The summed E-state index contributed by atoms with van der Waals surface area (Å²) in [6.07, 6.45) is 0.995. The van der Waals surface area contributed by atoms with Crippen molar-refractivity contribution < 1.29 is 0 Å². The molecule has 0 aliphatic heterocycles. The predicted molar refractivity (Wildman–Crippen MR) is 169 cm³/mol. The first-order valence-corrected chi connectivity index (χ1v) is 13.7. The Labute approximate surface area is 260 Å². The van der Waals surface area contributed by atoms with Crippen LogP contribution in [0.1, 0.15) is 22.3 Å². The van der Waals surface area contributed by atoms with Crippen molar-refractivity contribution in [1.82, 2.24) is 0 Å². The molecular formula is C26H20Cl8N4. The lowest BCUT2D eigenvalue weighted by atomic mass is 10.0. The first kappa shape index (κ1) is 30.9. The quantitative estimate of drug-likeness (QED) is 0.162. The van der Waals surface area contributed by atoms with Crippen LogP contribution in [0.15, 0.2) is 48.5 Å². The van der Waals surface area contributed by atoms with Gasteiger partial charge in [-0.05, 0) is 58.7 Å². The van der Waals surface area contributed by atoms with Gasteiger partial charge in [-0.25, -0.2) is 0 Å². The molecule has 0 saturated heterocycles. The molecule has 0 saturated carbocycles. The Morgan fingerprint density at radius 2 is 0.711 bits per heavy atom. The van der Waals surface area contributed by atoms with E-state index < -0.39 is 0 Å². The van der Waals surface area contributed by atoms with Crippen LogP contribution in [0.2, 0.25) is 40.2 Å². The third-order valence-corrected chi connectivity index (χ3v) is 8.71. The lowest BCUT2D eigenvalue weighted by Crippen LogP contribution is -1.96. The van der Waals surface area contributed by atoms with Crippen molar-refractivity contribution in [3.05, 3.63) is 111 Å². The maximum absolute atomic E-state index is 6.16. The van der Waals surface area contributed by atoms with E-state index in [9.17, 15) is 0 Å². The fraction of sp³-hybridized carbons (Fsp3) is 0.0769. The van der Waals surface area contributed by atoms with E-state index in [1.165, 1.54) is 0 Å². The highest BCUT2D eigenvalue weighted by Gasteiger charge is 2.13. The summed E-state index contributed by atoms with van der Waals surface area (Å²) in [6, 6.07) is 13.7. The van der Waals surface area contributed by atoms with Crippen molar-refractivity contribution in [2.45, 2.75) is 12.8 Å². The Balaban J connectivity index is 0.000000211. The molecule has 0 aromatic heterocycles. The second-order valence-corrected chi connectivity index (χ2v) is 11.3. The van der Waals surface area contributed by atoms with Gasteiger partial charge in [0.05, 0.1) is 52.9 Å². The zero-order valence-electron chi connectivity index (χ0n) is 19.4. The van der Waals surface area contributed by atoms with Crippen LogP contribution in [0.3, 0.4) is 0 Å². The van der Waals surface area contributed by atoms with Gasteiger partial charge >= 0.3 is 0 Å². The Kier molecular flexibility index (Phi) is 10.7. The molecule has 0 radical (unpaired) electrons. The Morgan fingerprint density at radius 3 is 1.08 bits per heavy atom. The summed E-state index contributed by atoms with van der Waals surface area (Å²) in [6.45, 7) is 0. The molecule has 4 nitrogen and oxygen atoms in total. The second kappa shape index (κ2) is 13.2. The molecule has 4 aromatic carbocycles. The average Bonchev–Trinajstić information content (AvgIpc) is 2.86. The molecule has 8 N–H and O–H groups in total. The maximum atomic E-state index is 6.16. The van der Waals surface area contributed by atoms with Crippen LogP contribution in [-0.4, -0.2) is 0 Å². The minimum absolute atomic E-state index is 0.344. The summed E-state index contributed by atoms with van der Waals surface area (Å²) in [5, 5.41) is 3.51. The van der Waals surface area contributed by atoms with Gasteiger partial charge in [-0.3, -0.25) is 0 Å². The third-order valence-electron chi connectivity index (χ3n) is 5.48. The molecule has 4 aromatic rings. The highest BCUT2D eigenvalue weighted by molar-refractivity contribution is 6.45. The van der Waals surface area contributed by atoms with E-state index in [0.29, 0.717) is 75.8 Å². The Morgan fingerprint density at radius 1 is 0.368 bits per heavy atom. The number of nitrogen functional groups attached to an aromatic ring is 4. The number of anilines is 4. The predicted octanol–water partition coefficient (Wildman–Crippen LogP) is 10.1. The molecule has 0 atom stereocenters. The minimum atomic E-state index is 0.344. The summed E-state index contributed by atoms with van der Waals surface area (Å²) in [5.41, 5.74) is 27.8. The number of benzene rings is 4. The van der Waals surface area contributed by atoms with Crippen molar-refractivity contribution >= 4 is 116 Å². The van der Waals surface area contributed by atoms with E-state index in [1.54, 1.807) is 36.4 Å². The normalized spacial score (nSPS) is 10.7. The standard InChI is InChI=1S/2C13H10Cl4N2/c14-8-4-12(18)10(16)2-6(8)1-7-3-11(17)13(19)5-9(7)15;14-10-6(1-3-8(18)12(10)16)5-7-2-4-9(19)13(17)11(7)15/h2-5H,1,18-19H2;1-4H,5,18-19H2. The Hall–Kier alpha value is -1.60. The fourth-order valence-electron chi connectivity index (χ4n) is 3.37. The Bertz CT molecular complexity index is 1400. The molecule has 0 bridgehead atoms. The van der Waals surface area contributed by atoms with Crippen LogP contribution in [-0.2, 0) is 12.8 Å². The van der Waals surface area contributed by atoms with E-state index in [2.05, 4.69) is 0 Å². The first-order chi connectivity index (χ1) is 17.8. The molecule has 200 valence electrons. The van der Waals surface area contributed by atoms with Crippen molar-refractivity contribution in [3.8, 4) is 0 Å². The van der Waals surface area contributed by atoms with Gasteiger partial charge in [-0.1, -0.05) is 105 Å². The van der Waals surface area contributed by atoms with Gasteiger partial charge in [-0.2, -0.15) is 0 Å². The van der Waals surface area contributed by atoms with Crippen molar-refractivity contribution in [3.63, 3.8) is 0 Å². The number of hydrogen-bond donors (Lipinski definition) is 4. The summed E-state index contributed by atoms with van der Waals surface area (Å²) < 4.78 is 0.